The molecule has 0 amide bonds. The van der Waals surface area contributed by atoms with Gasteiger partial charge in [-0.15, -0.1) is 0 Å². The predicted octanol–water partition coefficient (Wildman–Crippen LogP) is 3.23. The lowest BCUT2D eigenvalue weighted by Crippen LogP contribution is -2.28. The van der Waals surface area contributed by atoms with E-state index >= 15 is 0 Å². The molecule has 2 fully saturated rings. The van der Waals surface area contributed by atoms with Crippen LogP contribution in [0.2, 0.25) is 0 Å². The van der Waals surface area contributed by atoms with Crippen molar-refractivity contribution in [2.75, 3.05) is 18.4 Å². The second kappa shape index (κ2) is 5.23. The highest BCUT2D eigenvalue weighted by atomic mass is 19.4. The standard InChI is InChI=1S/C15H16F3N3/c16-15(17,18)11-1-4-14(10(7-11)8-19)20-12-5-6-21(9-12)13-2-3-13/h1,4,7,12-13,20H,2-3,5-6,9H2. The van der Waals surface area contributed by atoms with Gasteiger partial charge in [-0.3, -0.25) is 4.90 Å². The summed E-state index contributed by atoms with van der Waals surface area (Å²) in [7, 11) is 0. The second-order valence-electron chi connectivity index (χ2n) is 5.73. The molecule has 1 aromatic carbocycles. The van der Waals surface area contributed by atoms with Gasteiger partial charge in [0.15, 0.2) is 0 Å². The van der Waals surface area contributed by atoms with Crippen molar-refractivity contribution in [3.8, 4) is 6.07 Å². The highest BCUT2D eigenvalue weighted by Crippen LogP contribution is 2.33. The Balaban J connectivity index is 1.72. The van der Waals surface area contributed by atoms with Crippen molar-refractivity contribution < 1.29 is 13.2 Å². The number of rotatable bonds is 3. The van der Waals surface area contributed by atoms with Gasteiger partial charge in [0.05, 0.1) is 16.8 Å². The summed E-state index contributed by atoms with van der Waals surface area (Å²) in [5, 5.41) is 12.3. The topological polar surface area (TPSA) is 39.1 Å². The van der Waals surface area contributed by atoms with Gasteiger partial charge in [-0.05, 0) is 37.5 Å². The number of likely N-dealkylation sites (tertiary alicyclic amines) is 1. The summed E-state index contributed by atoms with van der Waals surface area (Å²) >= 11 is 0. The summed E-state index contributed by atoms with van der Waals surface area (Å²) in [6, 6.07) is 6.05. The summed E-state index contributed by atoms with van der Waals surface area (Å²) < 4.78 is 38.0. The maximum absolute atomic E-state index is 12.7. The van der Waals surface area contributed by atoms with Crippen LogP contribution in [-0.4, -0.2) is 30.1 Å². The monoisotopic (exact) mass is 295 g/mol. The van der Waals surface area contributed by atoms with E-state index in [9.17, 15) is 13.2 Å². The molecule has 6 heteroatoms. The number of alkyl halides is 3. The third-order valence-corrected chi connectivity index (χ3v) is 4.11. The van der Waals surface area contributed by atoms with Crippen molar-refractivity contribution in [1.29, 1.82) is 5.26 Å². The zero-order valence-corrected chi connectivity index (χ0v) is 11.5. The van der Waals surface area contributed by atoms with Crippen LogP contribution in [0, 0.1) is 11.3 Å². The van der Waals surface area contributed by atoms with E-state index in [0.29, 0.717) is 11.7 Å². The van der Waals surface area contributed by atoms with Crippen LogP contribution in [0.1, 0.15) is 30.4 Å². The first-order chi connectivity index (χ1) is 9.97. The maximum atomic E-state index is 12.7. The third kappa shape index (κ3) is 3.13. The van der Waals surface area contributed by atoms with Crippen molar-refractivity contribution in [3.63, 3.8) is 0 Å². The number of benzene rings is 1. The second-order valence-corrected chi connectivity index (χ2v) is 5.73. The van der Waals surface area contributed by atoms with Gasteiger partial charge in [-0.1, -0.05) is 0 Å². The van der Waals surface area contributed by atoms with Gasteiger partial charge in [-0.25, -0.2) is 0 Å². The van der Waals surface area contributed by atoms with Crippen LogP contribution in [0.3, 0.4) is 0 Å². The molecule has 2 aliphatic rings. The minimum atomic E-state index is -4.42. The van der Waals surface area contributed by atoms with Gasteiger partial charge >= 0.3 is 6.18 Å². The van der Waals surface area contributed by atoms with Crippen LogP contribution in [-0.2, 0) is 6.18 Å². The van der Waals surface area contributed by atoms with Gasteiger partial charge in [0.1, 0.15) is 6.07 Å². The Bertz CT molecular complexity index is 573. The zero-order valence-electron chi connectivity index (χ0n) is 11.5. The lowest BCUT2D eigenvalue weighted by atomic mass is 10.1. The van der Waals surface area contributed by atoms with Gasteiger partial charge in [0.2, 0.25) is 0 Å². The fourth-order valence-corrected chi connectivity index (χ4v) is 2.84. The molecule has 1 N–H and O–H groups in total. The molecule has 1 unspecified atom stereocenters. The molecule has 3 nitrogen and oxygen atoms in total. The highest BCUT2D eigenvalue weighted by molar-refractivity contribution is 5.59. The third-order valence-electron chi connectivity index (χ3n) is 4.11. The van der Waals surface area contributed by atoms with Crippen molar-refractivity contribution in [2.24, 2.45) is 0 Å². The van der Waals surface area contributed by atoms with Crippen LogP contribution in [0.25, 0.3) is 0 Å². The van der Waals surface area contributed by atoms with Crippen molar-refractivity contribution in [1.82, 2.24) is 4.90 Å². The van der Waals surface area contributed by atoms with Crippen molar-refractivity contribution >= 4 is 5.69 Å². The Hall–Kier alpha value is -1.74. The number of hydrogen-bond acceptors (Lipinski definition) is 3. The van der Waals surface area contributed by atoms with Crippen LogP contribution in [0.5, 0.6) is 0 Å². The van der Waals surface area contributed by atoms with E-state index < -0.39 is 11.7 Å². The van der Waals surface area contributed by atoms with E-state index in [-0.39, 0.29) is 11.6 Å². The molecular weight excluding hydrogens is 279 g/mol. The van der Waals surface area contributed by atoms with Crippen LogP contribution in [0.15, 0.2) is 18.2 Å². The molecule has 1 atom stereocenters. The summed E-state index contributed by atoms with van der Waals surface area (Å²) in [5.41, 5.74) is -0.238. The van der Waals surface area contributed by atoms with Crippen LogP contribution >= 0.6 is 0 Å². The van der Waals surface area contributed by atoms with E-state index in [2.05, 4.69) is 10.2 Å². The fourth-order valence-electron chi connectivity index (χ4n) is 2.84. The van der Waals surface area contributed by atoms with Crippen molar-refractivity contribution in [3.05, 3.63) is 29.3 Å². The normalized spacial score (nSPS) is 23.0. The van der Waals surface area contributed by atoms with E-state index in [0.717, 1.165) is 31.6 Å². The first-order valence-electron chi connectivity index (χ1n) is 7.09. The fraction of sp³-hybridized carbons (Fsp3) is 0.533. The number of nitriles is 1. The molecule has 1 saturated heterocycles. The van der Waals surface area contributed by atoms with E-state index in [1.807, 2.05) is 6.07 Å². The summed E-state index contributed by atoms with van der Waals surface area (Å²) in [6.07, 6.45) is -0.963. The molecule has 0 radical (unpaired) electrons. The number of nitrogens with one attached hydrogen (secondary N) is 1. The van der Waals surface area contributed by atoms with Crippen LogP contribution in [0.4, 0.5) is 18.9 Å². The Morgan fingerprint density at radius 1 is 1.24 bits per heavy atom. The Morgan fingerprint density at radius 2 is 2.00 bits per heavy atom. The molecule has 1 aliphatic carbocycles. The molecule has 0 aromatic heterocycles. The maximum Gasteiger partial charge on any atom is 0.416 e. The first-order valence-corrected chi connectivity index (χ1v) is 7.09. The molecule has 1 saturated carbocycles. The number of hydrogen-bond donors (Lipinski definition) is 1. The smallest absolute Gasteiger partial charge is 0.380 e. The molecular formula is C15H16F3N3. The lowest BCUT2D eigenvalue weighted by Gasteiger charge is -2.18. The summed E-state index contributed by atoms with van der Waals surface area (Å²) in [4.78, 5) is 2.41. The molecule has 1 aliphatic heterocycles. The number of anilines is 1. The summed E-state index contributed by atoms with van der Waals surface area (Å²) in [6.45, 7) is 1.92. The molecule has 112 valence electrons. The average Bonchev–Trinajstić information content (AvgIpc) is 3.19. The average molecular weight is 295 g/mol. The Kier molecular flexibility index (Phi) is 3.54. The molecule has 0 spiro atoms. The predicted molar refractivity (Wildman–Crippen MR) is 72.8 cm³/mol. The summed E-state index contributed by atoms with van der Waals surface area (Å²) in [5.74, 6) is 0. The number of nitrogens with zero attached hydrogens (tertiary/aromatic N) is 2. The number of halogens is 3. The molecule has 1 heterocycles. The minimum absolute atomic E-state index is 0.0506. The Morgan fingerprint density at radius 3 is 2.62 bits per heavy atom. The molecule has 3 rings (SSSR count). The zero-order chi connectivity index (χ0) is 15.0. The molecule has 21 heavy (non-hydrogen) atoms. The van der Waals surface area contributed by atoms with E-state index in [4.69, 9.17) is 5.26 Å². The van der Waals surface area contributed by atoms with Crippen LogP contribution < -0.4 is 5.32 Å². The first kappa shape index (κ1) is 14.2. The van der Waals surface area contributed by atoms with E-state index in [1.54, 1.807) is 0 Å². The largest absolute Gasteiger partial charge is 0.416 e. The van der Waals surface area contributed by atoms with Gasteiger partial charge in [0.25, 0.3) is 0 Å². The Labute approximate surface area is 121 Å². The van der Waals surface area contributed by atoms with E-state index in [1.165, 1.54) is 18.9 Å². The highest BCUT2D eigenvalue weighted by Gasteiger charge is 2.35. The van der Waals surface area contributed by atoms with Crippen molar-refractivity contribution in [2.45, 2.75) is 37.5 Å². The van der Waals surface area contributed by atoms with Gasteiger partial charge in [0, 0.05) is 25.2 Å². The minimum Gasteiger partial charge on any atom is -0.380 e. The lowest BCUT2D eigenvalue weighted by molar-refractivity contribution is -0.137. The van der Waals surface area contributed by atoms with Gasteiger partial charge in [-0.2, -0.15) is 18.4 Å². The quantitative estimate of drug-likeness (QED) is 0.930. The van der Waals surface area contributed by atoms with Gasteiger partial charge < -0.3 is 5.32 Å². The SMILES string of the molecule is N#Cc1cc(C(F)(F)F)ccc1NC1CCN(C2CC2)C1. The molecule has 1 aromatic rings. The molecule has 0 bridgehead atoms.